The standard InChI is InChI=1S/C16H16Cl3NO/c1-2-6-20-10-11-4-3-5-12(7-11)21-16-9-14(18)13(17)8-15(16)19/h3-5,7-9,20H,2,6,10H2,1H3. The third kappa shape index (κ3) is 4.79. The van der Waals surface area contributed by atoms with Crippen LogP contribution in [0.5, 0.6) is 11.5 Å². The zero-order valence-electron chi connectivity index (χ0n) is 11.6. The van der Waals surface area contributed by atoms with Gasteiger partial charge in [-0.3, -0.25) is 0 Å². The summed E-state index contributed by atoms with van der Waals surface area (Å²) in [4.78, 5) is 0. The van der Waals surface area contributed by atoms with Gasteiger partial charge in [-0.2, -0.15) is 0 Å². The van der Waals surface area contributed by atoms with Gasteiger partial charge in [0.15, 0.2) is 0 Å². The molecule has 2 rings (SSSR count). The van der Waals surface area contributed by atoms with Gasteiger partial charge in [-0.1, -0.05) is 53.9 Å². The number of ether oxygens (including phenoxy) is 1. The average Bonchev–Trinajstić information content (AvgIpc) is 2.45. The van der Waals surface area contributed by atoms with Crippen molar-refractivity contribution in [3.63, 3.8) is 0 Å². The lowest BCUT2D eigenvalue weighted by Gasteiger charge is -2.10. The summed E-state index contributed by atoms with van der Waals surface area (Å²) in [5.41, 5.74) is 1.15. The predicted molar refractivity (Wildman–Crippen MR) is 90.0 cm³/mol. The van der Waals surface area contributed by atoms with Crippen LogP contribution in [0.4, 0.5) is 0 Å². The van der Waals surface area contributed by atoms with Crippen LogP contribution in [0.25, 0.3) is 0 Å². The Bertz CT molecular complexity index is 616. The maximum atomic E-state index is 6.11. The molecule has 0 heterocycles. The minimum absolute atomic E-state index is 0.409. The molecular formula is C16H16Cl3NO. The van der Waals surface area contributed by atoms with E-state index in [0.29, 0.717) is 26.6 Å². The second kappa shape index (κ2) is 7.90. The van der Waals surface area contributed by atoms with E-state index >= 15 is 0 Å². The van der Waals surface area contributed by atoms with Gasteiger partial charge in [0.05, 0.1) is 15.1 Å². The lowest BCUT2D eigenvalue weighted by atomic mass is 10.2. The topological polar surface area (TPSA) is 21.3 Å². The molecule has 0 amide bonds. The lowest BCUT2D eigenvalue weighted by Crippen LogP contribution is -2.13. The molecule has 0 unspecified atom stereocenters. The van der Waals surface area contributed by atoms with Gasteiger partial charge in [0.1, 0.15) is 11.5 Å². The molecule has 2 aromatic carbocycles. The Morgan fingerprint density at radius 3 is 2.52 bits per heavy atom. The van der Waals surface area contributed by atoms with E-state index < -0.39 is 0 Å². The molecule has 0 saturated carbocycles. The Morgan fingerprint density at radius 2 is 1.76 bits per heavy atom. The monoisotopic (exact) mass is 343 g/mol. The van der Waals surface area contributed by atoms with E-state index in [1.165, 1.54) is 0 Å². The molecule has 0 aliphatic carbocycles. The molecule has 0 bridgehead atoms. The van der Waals surface area contributed by atoms with Crippen molar-refractivity contribution >= 4 is 34.8 Å². The molecule has 2 aromatic rings. The Labute approximate surface area is 140 Å². The molecule has 0 atom stereocenters. The molecule has 112 valence electrons. The fourth-order valence-corrected chi connectivity index (χ4v) is 2.41. The Balaban J connectivity index is 2.12. The van der Waals surface area contributed by atoms with Gasteiger partial charge in [-0.05, 0) is 36.7 Å². The summed E-state index contributed by atoms with van der Waals surface area (Å²) in [6, 6.07) is 11.0. The number of hydrogen-bond acceptors (Lipinski definition) is 2. The molecule has 0 fully saturated rings. The van der Waals surface area contributed by atoms with E-state index in [1.54, 1.807) is 12.1 Å². The van der Waals surface area contributed by atoms with Crippen molar-refractivity contribution in [3.05, 3.63) is 57.0 Å². The quantitative estimate of drug-likeness (QED) is 0.517. The van der Waals surface area contributed by atoms with E-state index in [0.717, 1.165) is 25.1 Å². The summed E-state index contributed by atoms with van der Waals surface area (Å²) < 4.78 is 5.79. The minimum atomic E-state index is 0.409. The van der Waals surface area contributed by atoms with Crippen molar-refractivity contribution in [2.75, 3.05) is 6.54 Å². The first kappa shape index (κ1) is 16.4. The van der Waals surface area contributed by atoms with Crippen LogP contribution < -0.4 is 10.1 Å². The summed E-state index contributed by atoms with van der Waals surface area (Å²) in [7, 11) is 0. The first-order valence-corrected chi connectivity index (χ1v) is 7.85. The van der Waals surface area contributed by atoms with E-state index in [4.69, 9.17) is 39.5 Å². The summed E-state index contributed by atoms with van der Waals surface area (Å²) in [6.07, 6.45) is 1.11. The molecule has 2 nitrogen and oxygen atoms in total. The van der Waals surface area contributed by atoms with Crippen molar-refractivity contribution in [1.29, 1.82) is 0 Å². The van der Waals surface area contributed by atoms with Crippen LogP contribution in [0.15, 0.2) is 36.4 Å². The lowest BCUT2D eigenvalue weighted by molar-refractivity contribution is 0.482. The van der Waals surface area contributed by atoms with Crippen LogP contribution in [-0.2, 0) is 6.54 Å². The smallest absolute Gasteiger partial charge is 0.147 e. The molecule has 0 saturated heterocycles. The maximum Gasteiger partial charge on any atom is 0.147 e. The molecule has 0 spiro atoms. The maximum absolute atomic E-state index is 6.11. The number of hydrogen-bond donors (Lipinski definition) is 1. The van der Waals surface area contributed by atoms with Crippen molar-refractivity contribution in [2.45, 2.75) is 19.9 Å². The van der Waals surface area contributed by atoms with E-state index in [2.05, 4.69) is 12.2 Å². The van der Waals surface area contributed by atoms with Gasteiger partial charge in [-0.25, -0.2) is 0 Å². The molecule has 1 N–H and O–H groups in total. The van der Waals surface area contributed by atoms with Gasteiger partial charge in [0, 0.05) is 12.6 Å². The predicted octanol–water partition coefficient (Wildman–Crippen LogP) is 5.94. The van der Waals surface area contributed by atoms with Crippen molar-refractivity contribution in [2.24, 2.45) is 0 Å². The fraction of sp³-hybridized carbons (Fsp3) is 0.250. The highest BCUT2D eigenvalue weighted by Crippen LogP contribution is 2.36. The molecular weight excluding hydrogens is 329 g/mol. The zero-order valence-corrected chi connectivity index (χ0v) is 13.9. The fourth-order valence-electron chi connectivity index (χ4n) is 1.84. The van der Waals surface area contributed by atoms with Gasteiger partial charge >= 0.3 is 0 Å². The highest BCUT2D eigenvalue weighted by atomic mass is 35.5. The van der Waals surface area contributed by atoms with Crippen molar-refractivity contribution in [3.8, 4) is 11.5 Å². The van der Waals surface area contributed by atoms with Gasteiger partial charge in [0.2, 0.25) is 0 Å². The van der Waals surface area contributed by atoms with E-state index in [9.17, 15) is 0 Å². The second-order valence-electron chi connectivity index (χ2n) is 4.62. The van der Waals surface area contributed by atoms with Crippen LogP contribution in [0.1, 0.15) is 18.9 Å². The third-order valence-electron chi connectivity index (χ3n) is 2.86. The average molecular weight is 345 g/mol. The second-order valence-corrected chi connectivity index (χ2v) is 5.84. The summed E-state index contributed by atoms with van der Waals surface area (Å²) in [6.45, 7) is 3.93. The number of nitrogens with one attached hydrogen (secondary N) is 1. The van der Waals surface area contributed by atoms with Crippen LogP contribution in [0.2, 0.25) is 15.1 Å². The summed E-state index contributed by atoms with van der Waals surface area (Å²) in [5, 5.41) is 4.60. The zero-order chi connectivity index (χ0) is 15.2. The SMILES string of the molecule is CCCNCc1cccc(Oc2cc(Cl)c(Cl)cc2Cl)c1. The number of benzene rings is 2. The Morgan fingerprint density at radius 1 is 1.00 bits per heavy atom. The Kier molecular flexibility index (Phi) is 6.19. The molecule has 5 heteroatoms. The third-order valence-corrected chi connectivity index (χ3v) is 3.87. The van der Waals surface area contributed by atoms with Gasteiger partial charge in [-0.15, -0.1) is 0 Å². The van der Waals surface area contributed by atoms with Gasteiger partial charge in [0.25, 0.3) is 0 Å². The van der Waals surface area contributed by atoms with Crippen LogP contribution >= 0.6 is 34.8 Å². The number of halogens is 3. The summed E-state index contributed by atoms with van der Waals surface area (Å²) >= 11 is 18.0. The van der Waals surface area contributed by atoms with Crippen molar-refractivity contribution in [1.82, 2.24) is 5.32 Å². The van der Waals surface area contributed by atoms with Crippen LogP contribution in [-0.4, -0.2) is 6.54 Å². The largest absolute Gasteiger partial charge is 0.456 e. The minimum Gasteiger partial charge on any atom is -0.456 e. The van der Waals surface area contributed by atoms with Crippen molar-refractivity contribution < 1.29 is 4.74 Å². The normalized spacial score (nSPS) is 10.7. The molecule has 0 aliphatic rings. The molecule has 0 aliphatic heterocycles. The van der Waals surface area contributed by atoms with Gasteiger partial charge < -0.3 is 10.1 Å². The molecule has 21 heavy (non-hydrogen) atoms. The van der Waals surface area contributed by atoms with E-state index in [-0.39, 0.29) is 0 Å². The number of rotatable bonds is 6. The molecule has 0 aromatic heterocycles. The Hall–Kier alpha value is -0.930. The van der Waals surface area contributed by atoms with Crippen LogP contribution in [0, 0.1) is 0 Å². The van der Waals surface area contributed by atoms with E-state index in [1.807, 2.05) is 24.3 Å². The highest BCUT2D eigenvalue weighted by Gasteiger charge is 2.08. The molecule has 0 radical (unpaired) electrons. The summed E-state index contributed by atoms with van der Waals surface area (Å²) in [5.74, 6) is 1.20. The first-order valence-electron chi connectivity index (χ1n) is 6.72. The highest BCUT2D eigenvalue weighted by molar-refractivity contribution is 6.43. The van der Waals surface area contributed by atoms with Crippen LogP contribution in [0.3, 0.4) is 0 Å². The first-order chi connectivity index (χ1) is 10.1.